The first-order chi connectivity index (χ1) is 13.1. The summed E-state index contributed by atoms with van der Waals surface area (Å²) >= 11 is 0. The number of hydrogen-bond acceptors (Lipinski definition) is 5. The van der Waals surface area contributed by atoms with E-state index in [1.54, 1.807) is 23.7 Å². The highest BCUT2D eigenvalue weighted by molar-refractivity contribution is 5.93. The molecule has 7 heteroatoms. The van der Waals surface area contributed by atoms with E-state index in [1.807, 2.05) is 11.8 Å². The fraction of sp³-hybridized carbons (Fsp3) is 0.600. The van der Waals surface area contributed by atoms with Gasteiger partial charge in [-0.15, -0.1) is 0 Å². The lowest BCUT2D eigenvalue weighted by Gasteiger charge is -2.32. The van der Waals surface area contributed by atoms with Crippen LogP contribution in [0.5, 0.6) is 5.75 Å². The van der Waals surface area contributed by atoms with Gasteiger partial charge in [0.1, 0.15) is 12.4 Å². The molecule has 3 aliphatic rings. The predicted octanol–water partition coefficient (Wildman–Crippen LogP) is 2.26. The maximum atomic E-state index is 13.4. The lowest BCUT2D eigenvalue weighted by atomic mass is 9.89. The van der Waals surface area contributed by atoms with Gasteiger partial charge in [-0.1, -0.05) is 6.07 Å². The minimum absolute atomic E-state index is 0.0384. The minimum Gasteiger partial charge on any atom is -0.491 e. The number of carbonyl (C=O) groups is 2. The summed E-state index contributed by atoms with van der Waals surface area (Å²) in [5.74, 6) is 0.0546. The molecule has 146 valence electrons. The molecule has 27 heavy (non-hydrogen) atoms. The molecule has 2 saturated heterocycles. The van der Waals surface area contributed by atoms with Crippen LogP contribution in [-0.4, -0.2) is 46.8 Å². The molecule has 2 fully saturated rings. The van der Waals surface area contributed by atoms with E-state index in [0.717, 1.165) is 37.7 Å². The summed E-state index contributed by atoms with van der Waals surface area (Å²) in [4.78, 5) is 26.9. The largest absolute Gasteiger partial charge is 0.491 e. The number of hydrogen-bond donors (Lipinski definition) is 2. The van der Waals surface area contributed by atoms with Gasteiger partial charge in [0, 0.05) is 17.7 Å². The molecule has 2 bridgehead atoms. The Labute approximate surface area is 158 Å². The summed E-state index contributed by atoms with van der Waals surface area (Å²) in [6.07, 6.45) is 5.36. The summed E-state index contributed by atoms with van der Waals surface area (Å²) in [5.41, 5.74) is 2.81. The number of carbonyl (C=O) groups excluding carboxylic acids is 2. The Kier molecular flexibility index (Phi) is 5.06. The molecule has 7 nitrogen and oxygen atoms in total. The maximum Gasteiger partial charge on any atom is 0.274 e. The van der Waals surface area contributed by atoms with Crippen molar-refractivity contribution in [1.29, 1.82) is 0 Å². The third-order valence-electron chi connectivity index (χ3n) is 6.01. The third kappa shape index (κ3) is 3.53. The van der Waals surface area contributed by atoms with Gasteiger partial charge < -0.3 is 14.4 Å². The number of benzene rings is 1. The van der Waals surface area contributed by atoms with Crippen molar-refractivity contribution in [2.45, 2.75) is 63.8 Å². The average molecular weight is 374 g/mol. The fourth-order valence-electron chi connectivity index (χ4n) is 4.45. The Hall–Kier alpha value is -2.12. The van der Waals surface area contributed by atoms with Crippen LogP contribution in [0.2, 0.25) is 0 Å². The molecule has 3 unspecified atom stereocenters. The van der Waals surface area contributed by atoms with Crippen LogP contribution in [-0.2, 0) is 16.1 Å². The Bertz CT molecular complexity index is 737. The van der Waals surface area contributed by atoms with Crippen molar-refractivity contribution in [2.24, 2.45) is 5.92 Å². The second-order valence-corrected chi connectivity index (χ2v) is 7.80. The van der Waals surface area contributed by atoms with E-state index in [2.05, 4.69) is 0 Å². The highest BCUT2D eigenvalue weighted by Crippen LogP contribution is 2.37. The molecule has 0 aromatic heterocycles. The van der Waals surface area contributed by atoms with Crippen molar-refractivity contribution in [3.63, 3.8) is 0 Å². The normalized spacial score (nSPS) is 29.9. The SMILES string of the molecule is C[C@H]1COc2cc(C(=O)NO)ccc2CN1C(=O)C1CCCC2CCC1O2. The lowest BCUT2D eigenvalue weighted by molar-refractivity contribution is -0.143. The van der Waals surface area contributed by atoms with Gasteiger partial charge >= 0.3 is 0 Å². The third-order valence-corrected chi connectivity index (χ3v) is 6.01. The molecule has 2 N–H and O–H groups in total. The molecule has 0 radical (unpaired) electrons. The molecule has 0 aliphatic carbocycles. The zero-order valence-electron chi connectivity index (χ0n) is 15.5. The van der Waals surface area contributed by atoms with Gasteiger partial charge in [0.15, 0.2) is 0 Å². The van der Waals surface area contributed by atoms with E-state index < -0.39 is 5.91 Å². The number of rotatable bonds is 2. The van der Waals surface area contributed by atoms with E-state index in [9.17, 15) is 9.59 Å². The topological polar surface area (TPSA) is 88.1 Å². The second-order valence-electron chi connectivity index (χ2n) is 7.80. The molecule has 3 heterocycles. The molecule has 2 amide bonds. The second kappa shape index (κ2) is 7.48. The van der Waals surface area contributed by atoms with Crippen LogP contribution >= 0.6 is 0 Å². The van der Waals surface area contributed by atoms with Gasteiger partial charge in [-0.25, -0.2) is 5.48 Å². The van der Waals surface area contributed by atoms with Crippen LogP contribution in [0, 0.1) is 5.92 Å². The van der Waals surface area contributed by atoms with Crippen molar-refractivity contribution in [1.82, 2.24) is 10.4 Å². The number of fused-ring (bicyclic) bond motifs is 3. The van der Waals surface area contributed by atoms with Gasteiger partial charge in [-0.05, 0) is 51.2 Å². The van der Waals surface area contributed by atoms with Crippen LogP contribution in [0.3, 0.4) is 0 Å². The number of ether oxygens (including phenoxy) is 2. The smallest absolute Gasteiger partial charge is 0.274 e. The van der Waals surface area contributed by atoms with Crippen molar-refractivity contribution >= 4 is 11.8 Å². The van der Waals surface area contributed by atoms with Crippen LogP contribution in [0.1, 0.15) is 54.9 Å². The van der Waals surface area contributed by atoms with Crippen LogP contribution in [0.25, 0.3) is 0 Å². The number of hydroxylamine groups is 1. The van der Waals surface area contributed by atoms with Gasteiger partial charge in [-0.3, -0.25) is 14.8 Å². The van der Waals surface area contributed by atoms with Crippen molar-refractivity contribution in [3.8, 4) is 5.75 Å². The Morgan fingerprint density at radius 2 is 2.07 bits per heavy atom. The van der Waals surface area contributed by atoms with E-state index in [1.165, 1.54) is 0 Å². The Morgan fingerprint density at radius 3 is 2.89 bits per heavy atom. The first-order valence-corrected chi connectivity index (χ1v) is 9.73. The molecular formula is C20H26N2O5. The molecular weight excluding hydrogens is 348 g/mol. The molecule has 1 aromatic rings. The number of nitrogens with zero attached hydrogens (tertiary/aromatic N) is 1. The van der Waals surface area contributed by atoms with E-state index >= 15 is 0 Å². The standard InChI is InChI=1S/C20H26N2O5/c1-12-11-26-18-9-13(19(23)21-25)5-6-14(18)10-22(12)20(24)16-4-2-3-15-7-8-17(16)27-15/h5-6,9,12,15-17,25H,2-4,7-8,10-11H2,1H3,(H,21,23)/t12-,15?,16?,17?/m0/s1. The summed E-state index contributed by atoms with van der Waals surface area (Å²) in [5, 5.41) is 8.82. The monoisotopic (exact) mass is 374 g/mol. The molecule has 0 spiro atoms. The summed E-state index contributed by atoms with van der Waals surface area (Å²) in [7, 11) is 0. The zero-order valence-corrected chi connectivity index (χ0v) is 15.5. The quantitative estimate of drug-likeness (QED) is 0.612. The first kappa shape index (κ1) is 18.3. The number of amides is 2. The Balaban J connectivity index is 1.56. The highest BCUT2D eigenvalue weighted by Gasteiger charge is 2.41. The average Bonchev–Trinajstić information content (AvgIpc) is 2.94. The van der Waals surface area contributed by atoms with Gasteiger partial charge in [-0.2, -0.15) is 0 Å². The first-order valence-electron chi connectivity index (χ1n) is 9.73. The number of nitrogens with one attached hydrogen (secondary N) is 1. The van der Waals surface area contributed by atoms with Crippen LogP contribution in [0.4, 0.5) is 0 Å². The van der Waals surface area contributed by atoms with Crippen molar-refractivity contribution < 1.29 is 24.3 Å². The molecule has 4 atom stereocenters. The minimum atomic E-state index is -0.585. The van der Waals surface area contributed by atoms with E-state index in [0.29, 0.717) is 30.6 Å². The molecule has 1 aromatic carbocycles. The van der Waals surface area contributed by atoms with Gasteiger partial charge in [0.2, 0.25) is 5.91 Å². The zero-order chi connectivity index (χ0) is 19.0. The maximum absolute atomic E-state index is 13.4. The Morgan fingerprint density at radius 1 is 1.22 bits per heavy atom. The molecule has 3 aliphatic heterocycles. The molecule has 0 saturated carbocycles. The summed E-state index contributed by atoms with van der Waals surface area (Å²) < 4.78 is 12.0. The van der Waals surface area contributed by atoms with Crippen molar-refractivity contribution in [2.75, 3.05) is 6.61 Å². The van der Waals surface area contributed by atoms with E-state index in [-0.39, 0.29) is 24.0 Å². The molecule has 4 rings (SSSR count). The fourth-order valence-corrected chi connectivity index (χ4v) is 4.45. The van der Waals surface area contributed by atoms with E-state index in [4.69, 9.17) is 14.7 Å². The van der Waals surface area contributed by atoms with Crippen molar-refractivity contribution in [3.05, 3.63) is 29.3 Å². The van der Waals surface area contributed by atoms with Gasteiger partial charge in [0.25, 0.3) is 5.91 Å². The predicted molar refractivity (Wildman–Crippen MR) is 96.4 cm³/mol. The lowest BCUT2D eigenvalue weighted by Crippen LogP contribution is -2.45. The van der Waals surface area contributed by atoms with Crippen LogP contribution in [0.15, 0.2) is 18.2 Å². The van der Waals surface area contributed by atoms with Gasteiger partial charge in [0.05, 0.1) is 24.2 Å². The summed E-state index contributed by atoms with van der Waals surface area (Å²) in [6.45, 7) is 2.80. The van der Waals surface area contributed by atoms with Crippen LogP contribution < -0.4 is 10.2 Å². The summed E-state index contributed by atoms with van der Waals surface area (Å²) in [6, 6.07) is 4.95. The highest BCUT2D eigenvalue weighted by atomic mass is 16.5.